The first-order chi connectivity index (χ1) is 7.63. The summed E-state index contributed by atoms with van der Waals surface area (Å²) in [6.07, 6.45) is 1.98. The van der Waals surface area contributed by atoms with Crippen molar-refractivity contribution in [2.75, 3.05) is 5.73 Å². The van der Waals surface area contributed by atoms with Crippen LogP contribution in [-0.4, -0.2) is 27.6 Å². The van der Waals surface area contributed by atoms with Crippen LogP contribution >= 0.6 is 0 Å². The van der Waals surface area contributed by atoms with Gasteiger partial charge in [0.25, 0.3) is 5.91 Å². The summed E-state index contributed by atoms with van der Waals surface area (Å²) in [7, 11) is 0. The Morgan fingerprint density at radius 1 is 1.75 bits per heavy atom. The molecule has 0 radical (unpaired) electrons. The second-order valence-corrected chi connectivity index (χ2v) is 3.46. The normalized spacial score (nSPS) is 19.2. The van der Waals surface area contributed by atoms with Crippen LogP contribution in [0.5, 0.6) is 0 Å². The molecule has 1 aliphatic heterocycles. The Labute approximate surface area is 90.8 Å². The SMILES string of the molecule is N#Cc1cnn(C(=O)C2CCC(=O)N2)c1N. The maximum absolute atomic E-state index is 11.8. The molecule has 16 heavy (non-hydrogen) atoms. The largest absolute Gasteiger partial charge is 0.382 e. The summed E-state index contributed by atoms with van der Waals surface area (Å²) >= 11 is 0. The molecular weight excluding hydrogens is 210 g/mol. The molecule has 0 saturated carbocycles. The van der Waals surface area contributed by atoms with E-state index in [-0.39, 0.29) is 17.3 Å². The van der Waals surface area contributed by atoms with E-state index >= 15 is 0 Å². The maximum Gasteiger partial charge on any atom is 0.271 e. The monoisotopic (exact) mass is 219 g/mol. The predicted octanol–water partition coefficient (Wildman–Crippen LogP) is -0.744. The first kappa shape index (κ1) is 10.2. The molecule has 2 heterocycles. The van der Waals surface area contributed by atoms with Crippen LogP contribution in [0.4, 0.5) is 5.82 Å². The van der Waals surface area contributed by atoms with E-state index in [1.807, 2.05) is 6.07 Å². The summed E-state index contributed by atoms with van der Waals surface area (Å²) in [5, 5.41) is 14.9. The third-order valence-corrected chi connectivity index (χ3v) is 2.43. The number of nitrogens with zero attached hydrogens (tertiary/aromatic N) is 3. The summed E-state index contributed by atoms with van der Waals surface area (Å²) in [5.74, 6) is -0.567. The van der Waals surface area contributed by atoms with E-state index in [2.05, 4.69) is 10.4 Å². The first-order valence-corrected chi connectivity index (χ1v) is 4.70. The molecule has 0 aliphatic carbocycles. The fraction of sp³-hybridized carbons (Fsp3) is 0.333. The zero-order chi connectivity index (χ0) is 11.7. The maximum atomic E-state index is 11.8. The minimum absolute atomic E-state index is 0.00801. The van der Waals surface area contributed by atoms with Gasteiger partial charge in [-0.1, -0.05) is 0 Å². The van der Waals surface area contributed by atoms with Crippen molar-refractivity contribution in [3.63, 3.8) is 0 Å². The summed E-state index contributed by atoms with van der Waals surface area (Å²) in [6.45, 7) is 0. The third kappa shape index (κ3) is 1.50. The lowest BCUT2D eigenvalue weighted by Crippen LogP contribution is -2.37. The lowest BCUT2D eigenvalue weighted by molar-refractivity contribution is -0.119. The highest BCUT2D eigenvalue weighted by Crippen LogP contribution is 2.14. The molecule has 7 nitrogen and oxygen atoms in total. The Bertz CT molecular complexity index is 498. The number of rotatable bonds is 1. The molecule has 0 spiro atoms. The number of anilines is 1. The number of amides is 1. The van der Waals surface area contributed by atoms with E-state index in [9.17, 15) is 9.59 Å². The van der Waals surface area contributed by atoms with Gasteiger partial charge in [0.15, 0.2) is 0 Å². The molecular formula is C9H9N5O2. The molecule has 1 aromatic heterocycles. The number of nitrogens with one attached hydrogen (secondary N) is 1. The van der Waals surface area contributed by atoms with E-state index in [1.54, 1.807) is 0 Å². The molecule has 2 rings (SSSR count). The number of hydrogen-bond donors (Lipinski definition) is 2. The molecule has 1 amide bonds. The van der Waals surface area contributed by atoms with Gasteiger partial charge < -0.3 is 11.1 Å². The highest BCUT2D eigenvalue weighted by Gasteiger charge is 2.30. The van der Waals surface area contributed by atoms with Crippen molar-refractivity contribution >= 4 is 17.6 Å². The molecule has 0 aromatic carbocycles. The number of carbonyl (C=O) groups excluding carboxylic acids is 2. The number of hydrogen-bond acceptors (Lipinski definition) is 5. The van der Waals surface area contributed by atoms with Crippen LogP contribution in [0.15, 0.2) is 6.20 Å². The molecule has 7 heteroatoms. The standard InChI is InChI=1S/C9H9N5O2/c10-3-5-4-12-14(8(5)11)9(16)6-1-2-7(15)13-6/h4,6H,1-2,11H2,(H,13,15). The van der Waals surface area contributed by atoms with E-state index < -0.39 is 11.9 Å². The van der Waals surface area contributed by atoms with Gasteiger partial charge in [-0.2, -0.15) is 15.0 Å². The van der Waals surface area contributed by atoms with Crippen molar-refractivity contribution in [3.8, 4) is 6.07 Å². The smallest absolute Gasteiger partial charge is 0.271 e. The van der Waals surface area contributed by atoms with Gasteiger partial charge in [-0.25, -0.2) is 0 Å². The molecule has 1 atom stereocenters. The molecule has 0 bridgehead atoms. The third-order valence-electron chi connectivity index (χ3n) is 2.43. The van der Waals surface area contributed by atoms with E-state index in [4.69, 9.17) is 11.0 Å². The van der Waals surface area contributed by atoms with Gasteiger partial charge in [0, 0.05) is 6.42 Å². The van der Waals surface area contributed by atoms with Crippen molar-refractivity contribution in [1.82, 2.24) is 15.1 Å². The molecule has 82 valence electrons. The van der Waals surface area contributed by atoms with E-state index in [0.29, 0.717) is 12.8 Å². The lowest BCUT2D eigenvalue weighted by Gasteiger charge is -2.09. The van der Waals surface area contributed by atoms with Crippen molar-refractivity contribution in [2.45, 2.75) is 18.9 Å². The molecule has 1 unspecified atom stereocenters. The van der Waals surface area contributed by atoms with E-state index in [0.717, 1.165) is 4.68 Å². The van der Waals surface area contributed by atoms with Gasteiger partial charge in [0.1, 0.15) is 23.5 Å². The van der Waals surface area contributed by atoms with Crippen LogP contribution in [0.1, 0.15) is 23.2 Å². The first-order valence-electron chi connectivity index (χ1n) is 4.70. The van der Waals surface area contributed by atoms with Crippen LogP contribution in [-0.2, 0) is 4.79 Å². The fourth-order valence-electron chi connectivity index (χ4n) is 1.57. The van der Waals surface area contributed by atoms with Crippen LogP contribution in [0, 0.1) is 11.3 Å². The summed E-state index contributed by atoms with van der Waals surface area (Å²) < 4.78 is 0.953. The lowest BCUT2D eigenvalue weighted by atomic mass is 10.2. The van der Waals surface area contributed by atoms with Crippen LogP contribution < -0.4 is 11.1 Å². The Balaban J connectivity index is 2.25. The van der Waals surface area contributed by atoms with Gasteiger partial charge in [-0.3, -0.25) is 9.59 Å². The number of nitriles is 1. The van der Waals surface area contributed by atoms with Crippen LogP contribution in [0.3, 0.4) is 0 Å². The Hall–Kier alpha value is -2.36. The van der Waals surface area contributed by atoms with Gasteiger partial charge in [0.2, 0.25) is 5.91 Å². The van der Waals surface area contributed by atoms with Crippen LogP contribution in [0.2, 0.25) is 0 Å². The minimum atomic E-state index is -0.596. The highest BCUT2D eigenvalue weighted by atomic mass is 16.2. The van der Waals surface area contributed by atoms with Crippen molar-refractivity contribution in [3.05, 3.63) is 11.8 Å². The van der Waals surface area contributed by atoms with Gasteiger partial charge >= 0.3 is 0 Å². The van der Waals surface area contributed by atoms with Gasteiger partial charge in [-0.05, 0) is 6.42 Å². The Morgan fingerprint density at radius 2 is 2.50 bits per heavy atom. The fourth-order valence-corrected chi connectivity index (χ4v) is 1.57. The molecule has 1 aliphatic rings. The number of nitrogen functional groups attached to an aromatic ring is 1. The second-order valence-electron chi connectivity index (χ2n) is 3.46. The zero-order valence-corrected chi connectivity index (χ0v) is 8.30. The average molecular weight is 219 g/mol. The molecule has 1 saturated heterocycles. The Kier molecular flexibility index (Phi) is 2.32. The van der Waals surface area contributed by atoms with Crippen molar-refractivity contribution in [1.29, 1.82) is 5.26 Å². The summed E-state index contributed by atoms with van der Waals surface area (Å²) in [5.41, 5.74) is 5.71. The number of carbonyl (C=O) groups is 2. The predicted molar refractivity (Wildman–Crippen MR) is 53.1 cm³/mol. The summed E-state index contributed by atoms with van der Waals surface area (Å²) in [4.78, 5) is 22.8. The zero-order valence-electron chi connectivity index (χ0n) is 8.30. The molecule has 3 N–H and O–H groups in total. The number of nitrogens with two attached hydrogens (primary N) is 1. The van der Waals surface area contributed by atoms with Gasteiger partial charge in [0.05, 0.1) is 6.20 Å². The van der Waals surface area contributed by atoms with Gasteiger partial charge in [-0.15, -0.1) is 0 Å². The van der Waals surface area contributed by atoms with Crippen molar-refractivity contribution < 1.29 is 9.59 Å². The average Bonchev–Trinajstić information content (AvgIpc) is 2.84. The van der Waals surface area contributed by atoms with Crippen LogP contribution in [0.25, 0.3) is 0 Å². The highest BCUT2D eigenvalue weighted by molar-refractivity contribution is 5.93. The second kappa shape index (κ2) is 3.66. The van der Waals surface area contributed by atoms with E-state index in [1.165, 1.54) is 6.20 Å². The number of aromatic nitrogens is 2. The molecule has 1 aromatic rings. The Morgan fingerprint density at radius 3 is 3.00 bits per heavy atom. The molecule has 1 fully saturated rings. The summed E-state index contributed by atoms with van der Waals surface area (Å²) in [6, 6.07) is 1.23. The van der Waals surface area contributed by atoms with Crippen molar-refractivity contribution in [2.24, 2.45) is 0 Å². The quantitative estimate of drug-likeness (QED) is 0.645. The minimum Gasteiger partial charge on any atom is -0.382 e. The topological polar surface area (TPSA) is 114 Å².